The van der Waals surface area contributed by atoms with Crippen LogP contribution >= 0.6 is 0 Å². The van der Waals surface area contributed by atoms with E-state index in [9.17, 15) is 0 Å². The van der Waals surface area contributed by atoms with Crippen molar-refractivity contribution >= 4 is 55.7 Å². The van der Waals surface area contributed by atoms with Crippen LogP contribution in [-0.2, 0) is 25.7 Å². The molecular weight excluding hydrogens is 1270 g/mol. The molecule has 0 aliphatic carbocycles. The molecule has 105 heavy (non-hydrogen) atoms. The zero-order valence-electron chi connectivity index (χ0n) is 63.0. The van der Waals surface area contributed by atoms with E-state index in [4.69, 9.17) is 0 Å². The lowest BCUT2D eigenvalue weighted by molar-refractivity contribution is 0.607. The number of hydrogen-bond acceptors (Lipinski definition) is 2. The van der Waals surface area contributed by atoms with E-state index in [2.05, 4.69) is 356 Å². The van der Waals surface area contributed by atoms with Gasteiger partial charge >= 0.3 is 0 Å². The van der Waals surface area contributed by atoms with E-state index in [0.29, 0.717) is 0 Å². The number of nitrogens with zero attached hydrogens (tertiary/aromatic N) is 2. The van der Waals surface area contributed by atoms with Gasteiger partial charge in [-0.25, -0.2) is 0 Å². The minimum Gasteiger partial charge on any atom is -0.310 e. The molecule has 2 nitrogen and oxygen atoms in total. The lowest BCUT2D eigenvalue weighted by Gasteiger charge is -2.27. The van der Waals surface area contributed by atoms with Crippen LogP contribution in [-0.4, -0.2) is 0 Å². The summed E-state index contributed by atoms with van der Waals surface area (Å²) >= 11 is 0. The number of aryl methyl sites for hydroxylation is 6. The monoisotopic (exact) mass is 1370 g/mol. The summed E-state index contributed by atoms with van der Waals surface area (Å²) in [7, 11) is 0. The van der Waals surface area contributed by atoms with Crippen molar-refractivity contribution in [3.63, 3.8) is 0 Å². The third-order valence-corrected chi connectivity index (χ3v) is 22.0. The van der Waals surface area contributed by atoms with Gasteiger partial charge in [0.25, 0.3) is 0 Å². The normalized spacial score (nSPS) is 11.4. The topological polar surface area (TPSA) is 6.48 Å². The maximum atomic E-state index is 2.46. The van der Waals surface area contributed by atoms with E-state index in [1.807, 2.05) is 0 Å². The lowest BCUT2D eigenvalue weighted by Crippen LogP contribution is -2.10. The fourth-order valence-corrected chi connectivity index (χ4v) is 15.9. The molecule has 14 aromatic carbocycles. The van der Waals surface area contributed by atoms with Crippen molar-refractivity contribution in [2.75, 3.05) is 9.80 Å². The number of fused-ring (bicyclic) bond motifs is 2. The van der Waals surface area contributed by atoms with Crippen molar-refractivity contribution in [1.29, 1.82) is 0 Å². The number of unbranched alkanes of at least 4 members (excludes halogenated alkanes) is 10. The molecule has 0 heterocycles. The predicted octanol–water partition coefficient (Wildman–Crippen LogP) is 30.5. The van der Waals surface area contributed by atoms with Crippen molar-refractivity contribution < 1.29 is 0 Å². The molecule has 0 saturated carbocycles. The van der Waals surface area contributed by atoms with Crippen LogP contribution in [0.5, 0.6) is 0 Å². The van der Waals surface area contributed by atoms with Gasteiger partial charge in [0.05, 0.1) is 0 Å². The van der Waals surface area contributed by atoms with Crippen LogP contribution in [0.1, 0.15) is 144 Å². The van der Waals surface area contributed by atoms with E-state index < -0.39 is 0 Å². The molecule has 2 heteroatoms. The Kier molecular flexibility index (Phi) is 22.9. The number of benzene rings is 14. The van der Waals surface area contributed by atoms with E-state index >= 15 is 0 Å². The predicted molar refractivity (Wildman–Crippen MR) is 456 cm³/mol. The first kappa shape index (κ1) is 71.2. The summed E-state index contributed by atoms with van der Waals surface area (Å²) < 4.78 is 0. The van der Waals surface area contributed by atoms with Crippen LogP contribution in [0.3, 0.4) is 0 Å². The molecule has 0 spiro atoms. The van der Waals surface area contributed by atoms with Crippen LogP contribution in [0, 0.1) is 20.8 Å². The van der Waals surface area contributed by atoms with Gasteiger partial charge in [0.15, 0.2) is 0 Å². The second-order valence-corrected chi connectivity index (χ2v) is 29.3. The Hall–Kier alpha value is -10.8. The fourth-order valence-electron chi connectivity index (χ4n) is 15.9. The van der Waals surface area contributed by atoms with Gasteiger partial charge in [-0.3, -0.25) is 0 Å². The molecule has 0 fully saturated rings. The van der Waals surface area contributed by atoms with Gasteiger partial charge in [-0.15, -0.1) is 0 Å². The fraction of sp³-hybridized carbons (Fsp3) is 0.223. The number of hydrogen-bond donors (Lipinski definition) is 0. The largest absolute Gasteiger partial charge is 0.310 e. The number of rotatable bonds is 29. The standard InChI is InChI=1S/C103H102N2/c1-8-12-14-16-18-20-26-76-36-44-85(45-37-76)97-66-64-95(69-78(97)10-3)104(91-56-48-82(49-57-91)80-40-32-73(5)33-41-80)93-60-52-84(53-61-93)90-68-88-28-22-24-30-99(88)102(72-90)103-75(7)101(71-89-29-23-25-31-100(89)103)87-54-62-94(63-55-87)105(92-58-50-83(51-59-92)81-42-34-74(6)35-43-81)96-65-67-98(79(11-4)70-96)86-46-38-77(39-47-86)27-21-19-17-15-13-9-2/h22-25,28-72H,8-21,26-27H2,1-7H3. The van der Waals surface area contributed by atoms with Gasteiger partial charge in [0.1, 0.15) is 0 Å². The summed E-state index contributed by atoms with van der Waals surface area (Å²) in [5.74, 6) is 0. The van der Waals surface area contributed by atoms with E-state index in [0.717, 1.165) is 59.8 Å². The van der Waals surface area contributed by atoms with Crippen molar-refractivity contribution in [2.24, 2.45) is 0 Å². The summed E-state index contributed by atoms with van der Waals surface area (Å²) in [4.78, 5) is 4.88. The molecule has 0 atom stereocenters. The second kappa shape index (κ2) is 33.8. The quantitative estimate of drug-likeness (QED) is 0.0431. The molecule has 0 unspecified atom stereocenters. The Morgan fingerprint density at radius 3 is 0.990 bits per heavy atom. The summed E-state index contributed by atoms with van der Waals surface area (Å²) in [6.07, 6.45) is 19.9. The second-order valence-electron chi connectivity index (χ2n) is 29.3. The molecule has 0 aromatic heterocycles. The van der Waals surface area contributed by atoms with Gasteiger partial charge in [0.2, 0.25) is 0 Å². The zero-order chi connectivity index (χ0) is 72.0. The minimum atomic E-state index is 0.922. The summed E-state index contributed by atoms with van der Waals surface area (Å²) in [5, 5.41) is 4.91. The van der Waals surface area contributed by atoms with Crippen LogP contribution in [0.15, 0.2) is 297 Å². The van der Waals surface area contributed by atoms with Gasteiger partial charge in [-0.1, -0.05) is 309 Å². The highest BCUT2D eigenvalue weighted by atomic mass is 15.1. The van der Waals surface area contributed by atoms with Crippen molar-refractivity contribution in [1.82, 2.24) is 0 Å². The van der Waals surface area contributed by atoms with E-state index in [1.54, 1.807) is 0 Å². The molecule has 0 bridgehead atoms. The first-order chi connectivity index (χ1) is 51.6. The average molecular weight is 1370 g/mol. The van der Waals surface area contributed by atoms with Crippen LogP contribution in [0.25, 0.3) is 99.4 Å². The molecule has 0 N–H and O–H groups in total. The highest BCUT2D eigenvalue weighted by Crippen LogP contribution is 2.46. The minimum absolute atomic E-state index is 0.922. The zero-order valence-corrected chi connectivity index (χ0v) is 63.0. The maximum absolute atomic E-state index is 2.46. The van der Waals surface area contributed by atoms with Crippen LogP contribution in [0.2, 0.25) is 0 Å². The molecule has 0 amide bonds. The van der Waals surface area contributed by atoms with Gasteiger partial charge in [0, 0.05) is 34.1 Å². The van der Waals surface area contributed by atoms with Crippen molar-refractivity contribution in [3.05, 3.63) is 336 Å². The van der Waals surface area contributed by atoms with Gasteiger partial charge in [-0.2, -0.15) is 0 Å². The Balaban J connectivity index is 0.796. The van der Waals surface area contributed by atoms with Crippen molar-refractivity contribution in [3.8, 4) is 77.9 Å². The summed E-state index contributed by atoms with van der Waals surface area (Å²) in [6, 6.07) is 113. The number of anilines is 6. The SMILES string of the molecule is CCCCCCCCc1ccc(-c2ccc(N(c3ccc(-c4ccc(C)cc4)cc3)c3ccc(-c4cc(-c5c(C)c(-c6ccc(N(c7ccc(-c8ccc(C)cc8)cc7)c7ccc(-c8ccc(CCCCCCCC)cc8)c(CC)c7)cc6)cc6ccccc56)c5ccccc5c4)cc3)cc2CC)cc1. The van der Waals surface area contributed by atoms with E-state index in [1.165, 1.54) is 215 Å². The first-order valence-electron chi connectivity index (χ1n) is 39.3. The molecular formula is C103H102N2. The lowest BCUT2D eigenvalue weighted by atomic mass is 9.85. The summed E-state index contributed by atoms with van der Waals surface area (Å²) in [5.41, 5.74) is 33.3. The van der Waals surface area contributed by atoms with Crippen molar-refractivity contribution in [2.45, 2.75) is 151 Å². The van der Waals surface area contributed by atoms with Crippen LogP contribution < -0.4 is 9.80 Å². The Morgan fingerprint density at radius 1 is 0.238 bits per heavy atom. The molecule has 0 aliphatic heterocycles. The molecule has 14 aromatic rings. The highest BCUT2D eigenvalue weighted by Gasteiger charge is 2.22. The smallest absolute Gasteiger partial charge is 0.0464 e. The van der Waals surface area contributed by atoms with Crippen LogP contribution in [0.4, 0.5) is 34.1 Å². The van der Waals surface area contributed by atoms with Gasteiger partial charge in [-0.05, 0) is 278 Å². The average Bonchev–Trinajstić information content (AvgIpc) is 0.751. The Morgan fingerprint density at radius 2 is 0.571 bits per heavy atom. The third kappa shape index (κ3) is 16.4. The maximum Gasteiger partial charge on any atom is 0.0464 e. The molecule has 0 saturated heterocycles. The van der Waals surface area contributed by atoms with Gasteiger partial charge < -0.3 is 9.80 Å². The summed E-state index contributed by atoms with van der Waals surface area (Å²) in [6.45, 7) is 15.8. The molecule has 0 radical (unpaired) electrons. The molecule has 0 aliphatic rings. The third-order valence-electron chi connectivity index (χ3n) is 22.0. The highest BCUT2D eigenvalue weighted by molar-refractivity contribution is 6.10. The molecule has 524 valence electrons. The Bertz CT molecular complexity index is 5200. The Labute approximate surface area is 626 Å². The van der Waals surface area contributed by atoms with E-state index in [-0.39, 0.29) is 0 Å². The molecule has 14 rings (SSSR count). The first-order valence-corrected chi connectivity index (χ1v) is 39.3.